The van der Waals surface area contributed by atoms with Crippen molar-refractivity contribution in [3.63, 3.8) is 0 Å². The Balaban J connectivity index is 1.74. The second-order valence-electron chi connectivity index (χ2n) is 6.48. The van der Waals surface area contributed by atoms with Crippen molar-refractivity contribution in [2.45, 2.75) is 58.3 Å². The molecule has 4 nitrogen and oxygen atoms in total. The first-order valence-corrected chi connectivity index (χ1v) is 8.05. The largest absolute Gasteiger partial charge is 0.384 e. The van der Waals surface area contributed by atoms with Crippen LogP contribution in [0.25, 0.3) is 0 Å². The van der Waals surface area contributed by atoms with Crippen LogP contribution in [0.1, 0.15) is 64.1 Å². The van der Waals surface area contributed by atoms with Gasteiger partial charge in [0.25, 0.3) is 0 Å². The molecule has 1 saturated carbocycles. The Morgan fingerprint density at radius 1 is 1.20 bits per heavy atom. The van der Waals surface area contributed by atoms with E-state index in [2.05, 4.69) is 23.7 Å². The highest BCUT2D eigenvalue weighted by molar-refractivity contribution is 5.48. The molecule has 20 heavy (non-hydrogen) atoms. The van der Waals surface area contributed by atoms with E-state index in [1.165, 1.54) is 38.5 Å². The van der Waals surface area contributed by atoms with Gasteiger partial charge in [-0.1, -0.05) is 26.7 Å². The molecule has 1 aromatic heterocycles. The summed E-state index contributed by atoms with van der Waals surface area (Å²) >= 11 is 0. The van der Waals surface area contributed by atoms with Gasteiger partial charge in [0, 0.05) is 25.1 Å². The summed E-state index contributed by atoms with van der Waals surface area (Å²) in [5, 5.41) is 0. The molecule has 0 bridgehead atoms. The van der Waals surface area contributed by atoms with E-state index in [1.54, 1.807) is 0 Å². The Hall–Kier alpha value is -1.32. The van der Waals surface area contributed by atoms with Crippen molar-refractivity contribution in [2.75, 3.05) is 23.7 Å². The zero-order valence-electron chi connectivity index (χ0n) is 12.7. The van der Waals surface area contributed by atoms with Gasteiger partial charge in [-0.2, -0.15) is 0 Å². The lowest BCUT2D eigenvalue weighted by Gasteiger charge is -2.41. The predicted octanol–water partition coefficient (Wildman–Crippen LogP) is 3.34. The highest BCUT2D eigenvalue weighted by Crippen LogP contribution is 2.41. The number of hydrogen-bond donors (Lipinski definition) is 1. The predicted molar refractivity (Wildman–Crippen MR) is 82.9 cm³/mol. The first-order chi connectivity index (χ1) is 9.65. The Bertz CT molecular complexity index is 467. The maximum absolute atomic E-state index is 5.96. The molecular weight excluding hydrogens is 248 g/mol. The minimum Gasteiger partial charge on any atom is -0.384 e. The molecule has 0 atom stereocenters. The molecule has 2 aliphatic rings. The molecule has 1 aromatic rings. The maximum atomic E-state index is 5.96. The number of hydrogen-bond acceptors (Lipinski definition) is 4. The summed E-state index contributed by atoms with van der Waals surface area (Å²) < 4.78 is 0. The number of nitrogens with two attached hydrogens (primary N) is 1. The Labute approximate surface area is 121 Å². The molecule has 1 saturated heterocycles. The third kappa shape index (κ3) is 2.60. The molecule has 0 radical (unpaired) electrons. The summed E-state index contributed by atoms with van der Waals surface area (Å²) in [7, 11) is 0. The molecule has 2 heterocycles. The van der Waals surface area contributed by atoms with E-state index in [4.69, 9.17) is 10.7 Å². The van der Waals surface area contributed by atoms with Gasteiger partial charge in [-0.05, 0) is 31.1 Å². The number of anilines is 2. The van der Waals surface area contributed by atoms with Gasteiger partial charge in [-0.15, -0.1) is 0 Å². The minimum atomic E-state index is 0.550. The van der Waals surface area contributed by atoms with Gasteiger partial charge in [-0.3, -0.25) is 0 Å². The van der Waals surface area contributed by atoms with Crippen LogP contribution in [0.15, 0.2) is 6.07 Å². The number of nitrogen functional groups attached to an aromatic ring is 1. The summed E-state index contributed by atoms with van der Waals surface area (Å²) in [5.41, 5.74) is 6.51. The van der Waals surface area contributed by atoms with Crippen molar-refractivity contribution >= 4 is 11.6 Å². The van der Waals surface area contributed by atoms with E-state index < -0.39 is 0 Å². The SMILES string of the molecule is CCC1(CC)CCN(c2cc(N)nc(C3CC3)n2)CC1. The van der Waals surface area contributed by atoms with Crippen LogP contribution in [-0.4, -0.2) is 23.1 Å². The van der Waals surface area contributed by atoms with E-state index in [0.29, 0.717) is 17.2 Å². The van der Waals surface area contributed by atoms with Crippen molar-refractivity contribution in [1.82, 2.24) is 9.97 Å². The quantitative estimate of drug-likeness (QED) is 0.915. The van der Waals surface area contributed by atoms with E-state index in [-0.39, 0.29) is 0 Å². The highest BCUT2D eigenvalue weighted by atomic mass is 15.2. The second kappa shape index (κ2) is 5.23. The molecule has 0 aromatic carbocycles. The molecule has 110 valence electrons. The summed E-state index contributed by atoms with van der Waals surface area (Å²) in [6.45, 7) is 6.85. The molecule has 1 aliphatic heterocycles. The maximum Gasteiger partial charge on any atom is 0.136 e. The van der Waals surface area contributed by atoms with E-state index >= 15 is 0 Å². The molecule has 3 rings (SSSR count). The summed E-state index contributed by atoms with van der Waals surface area (Å²) in [6, 6.07) is 1.94. The van der Waals surface area contributed by atoms with E-state index in [1.807, 2.05) is 6.07 Å². The normalized spacial score (nSPS) is 22.0. The van der Waals surface area contributed by atoms with Gasteiger partial charge in [0.15, 0.2) is 0 Å². The van der Waals surface area contributed by atoms with Gasteiger partial charge in [0.05, 0.1) is 0 Å². The lowest BCUT2D eigenvalue weighted by molar-refractivity contribution is 0.199. The van der Waals surface area contributed by atoms with Crippen molar-refractivity contribution in [3.05, 3.63) is 11.9 Å². The summed E-state index contributed by atoms with van der Waals surface area (Å²) in [6.07, 6.45) is 7.55. The Morgan fingerprint density at radius 2 is 1.85 bits per heavy atom. The first kappa shape index (κ1) is 13.7. The molecule has 0 spiro atoms. The van der Waals surface area contributed by atoms with Crippen LogP contribution in [0, 0.1) is 5.41 Å². The van der Waals surface area contributed by atoms with Crippen molar-refractivity contribution in [3.8, 4) is 0 Å². The van der Waals surface area contributed by atoms with Crippen LogP contribution in [0.5, 0.6) is 0 Å². The molecule has 2 N–H and O–H groups in total. The molecule has 0 unspecified atom stereocenters. The molecule has 1 aliphatic carbocycles. The average molecular weight is 274 g/mol. The van der Waals surface area contributed by atoms with Crippen LogP contribution in [0.2, 0.25) is 0 Å². The number of piperidine rings is 1. The molecular formula is C16H26N4. The lowest BCUT2D eigenvalue weighted by atomic mass is 9.74. The monoisotopic (exact) mass is 274 g/mol. The number of aromatic nitrogens is 2. The zero-order valence-corrected chi connectivity index (χ0v) is 12.7. The molecule has 4 heteroatoms. The summed E-state index contributed by atoms with van der Waals surface area (Å²) in [5.74, 6) is 3.19. The second-order valence-corrected chi connectivity index (χ2v) is 6.48. The van der Waals surface area contributed by atoms with Gasteiger partial charge in [0.1, 0.15) is 17.5 Å². The van der Waals surface area contributed by atoms with Crippen LogP contribution in [-0.2, 0) is 0 Å². The van der Waals surface area contributed by atoms with Crippen LogP contribution >= 0.6 is 0 Å². The zero-order chi connectivity index (χ0) is 14.2. The fourth-order valence-electron chi connectivity index (χ4n) is 3.32. The number of nitrogens with zero attached hydrogens (tertiary/aromatic N) is 3. The van der Waals surface area contributed by atoms with Gasteiger partial charge in [0.2, 0.25) is 0 Å². The highest BCUT2D eigenvalue weighted by Gasteiger charge is 2.32. The third-order valence-electron chi connectivity index (χ3n) is 5.34. The molecule has 2 fully saturated rings. The minimum absolute atomic E-state index is 0.550. The average Bonchev–Trinajstić information content (AvgIpc) is 3.31. The molecule has 0 amide bonds. The van der Waals surface area contributed by atoms with Gasteiger partial charge >= 0.3 is 0 Å². The Kier molecular flexibility index (Phi) is 3.57. The summed E-state index contributed by atoms with van der Waals surface area (Å²) in [4.78, 5) is 11.5. The fraction of sp³-hybridized carbons (Fsp3) is 0.750. The van der Waals surface area contributed by atoms with Crippen molar-refractivity contribution in [2.24, 2.45) is 5.41 Å². The van der Waals surface area contributed by atoms with E-state index in [0.717, 1.165) is 24.7 Å². The van der Waals surface area contributed by atoms with Crippen molar-refractivity contribution < 1.29 is 0 Å². The van der Waals surface area contributed by atoms with Gasteiger partial charge < -0.3 is 10.6 Å². The van der Waals surface area contributed by atoms with Crippen LogP contribution in [0.3, 0.4) is 0 Å². The topological polar surface area (TPSA) is 55.0 Å². The van der Waals surface area contributed by atoms with Crippen LogP contribution < -0.4 is 10.6 Å². The van der Waals surface area contributed by atoms with E-state index in [9.17, 15) is 0 Å². The first-order valence-electron chi connectivity index (χ1n) is 8.05. The van der Waals surface area contributed by atoms with Crippen LogP contribution in [0.4, 0.5) is 11.6 Å². The third-order valence-corrected chi connectivity index (χ3v) is 5.34. The smallest absolute Gasteiger partial charge is 0.136 e. The van der Waals surface area contributed by atoms with Crippen molar-refractivity contribution in [1.29, 1.82) is 0 Å². The fourth-order valence-corrected chi connectivity index (χ4v) is 3.32. The Morgan fingerprint density at radius 3 is 2.40 bits per heavy atom. The standard InChI is InChI=1S/C16H26N4/c1-3-16(4-2)7-9-20(10-8-16)14-11-13(17)18-15(19-14)12-5-6-12/h11-12H,3-10H2,1-2H3,(H2,17,18,19). The lowest BCUT2D eigenvalue weighted by Crippen LogP contribution is -2.40. The number of rotatable bonds is 4. The van der Waals surface area contributed by atoms with Gasteiger partial charge in [-0.25, -0.2) is 9.97 Å².